The van der Waals surface area contributed by atoms with Crippen LogP contribution in [0.3, 0.4) is 0 Å². The van der Waals surface area contributed by atoms with E-state index in [0.29, 0.717) is 6.20 Å². The second kappa shape index (κ2) is 9.34. The van der Waals surface area contributed by atoms with Crippen LogP contribution in [0.25, 0.3) is 0 Å². The molecule has 2 heterocycles. The quantitative estimate of drug-likeness (QED) is 0.593. The molecule has 0 bridgehead atoms. The van der Waals surface area contributed by atoms with Crippen molar-refractivity contribution < 1.29 is 40.3 Å². The lowest BCUT2D eigenvalue weighted by molar-refractivity contribution is -0.140. The highest BCUT2D eigenvalue weighted by Gasteiger charge is 2.38. The lowest BCUT2D eigenvalue weighted by Crippen LogP contribution is -2.32. The molecule has 1 aromatic heterocycles. The number of benzene rings is 1. The molecule has 0 saturated carbocycles. The molecular weight excluding hydrogens is 441 g/mol. The zero-order valence-corrected chi connectivity index (χ0v) is 16.7. The van der Waals surface area contributed by atoms with Crippen molar-refractivity contribution >= 4 is 21.7 Å². The van der Waals surface area contributed by atoms with Gasteiger partial charge in [0.15, 0.2) is 0 Å². The van der Waals surface area contributed by atoms with Gasteiger partial charge in [0.2, 0.25) is 21.9 Å². The Balaban J connectivity index is 1.83. The topological polar surface area (TPSA) is 123 Å². The van der Waals surface area contributed by atoms with Gasteiger partial charge in [-0.2, -0.15) is 18.2 Å². The highest BCUT2D eigenvalue weighted by molar-refractivity contribution is 7.89. The summed E-state index contributed by atoms with van der Waals surface area (Å²) in [5.41, 5.74) is -1.02. The lowest BCUT2D eigenvalue weighted by atomic mass is 10.1. The Morgan fingerprint density at radius 1 is 1.26 bits per heavy atom. The fourth-order valence-corrected chi connectivity index (χ4v) is 3.39. The highest BCUT2D eigenvalue weighted by atomic mass is 32.2. The number of halogens is 3. The van der Waals surface area contributed by atoms with Gasteiger partial charge in [-0.15, -0.1) is 0 Å². The van der Waals surface area contributed by atoms with Gasteiger partial charge in [-0.1, -0.05) is 0 Å². The molecule has 1 aliphatic rings. The van der Waals surface area contributed by atoms with Crippen molar-refractivity contribution in [3.63, 3.8) is 0 Å². The number of anilines is 2. The van der Waals surface area contributed by atoms with Crippen molar-refractivity contribution in [2.75, 3.05) is 25.5 Å². The van der Waals surface area contributed by atoms with Crippen LogP contribution < -0.4 is 14.8 Å². The Labute approximate surface area is 180 Å². The van der Waals surface area contributed by atoms with E-state index in [0.717, 1.165) is 12.1 Å². The maximum atomic E-state index is 13.4. The number of aliphatic hydroxyl groups is 1. The van der Waals surface area contributed by atoms with E-state index in [1.807, 2.05) is 0 Å². The van der Waals surface area contributed by atoms with E-state index in [2.05, 4.69) is 15.3 Å². The molecule has 0 radical (unpaired) electrons. The zero-order valence-electron chi connectivity index (χ0n) is 18.9. The molecule has 9 nitrogen and oxygen atoms in total. The first-order valence-corrected chi connectivity index (χ1v) is 10.5. The smallest absolute Gasteiger partial charge is 0.423 e. The second-order valence-corrected chi connectivity index (χ2v) is 8.26. The summed E-state index contributed by atoms with van der Waals surface area (Å²) in [5, 5.41) is 12.8. The van der Waals surface area contributed by atoms with Gasteiger partial charge in [0.05, 0.1) is 17.6 Å². The van der Waals surface area contributed by atoms with Crippen LogP contribution in [0.1, 0.15) is 22.5 Å². The fourth-order valence-electron chi connectivity index (χ4n) is 2.78. The summed E-state index contributed by atoms with van der Waals surface area (Å²) in [7, 11) is -4.31. The first-order chi connectivity index (χ1) is 15.7. The molecule has 31 heavy (non-hydrogen) atoms. The number of alkyl halides is 3. The van der Waals surface area contributed by atoms with Gasteiger partial charge >= 0.3 is 6.18 Å². The Morgan fingerprint density at radius 2 is 1.97 bits per heavy atom. The first kappa shape index (κ1) is 19.2. The van der Waals surface area contributed by atoms with Gasteiger partial charge in [-0.3, -0.25) is 0 Å². The van der Waals surface area contributed by atoms with Crippen LogP contribution in [-0.2, 0) is 20.9 Å². The van der Waals surface area contributed by atoms with E-state index in [1.54, 1.807) is 0 Å². The molecule has 2 atom stereocenters. The minimum Gasteiger partial charge on any atom is -0.471 e. The predicted molar refractivity (Wildman–Crippen MR) is 103 cm³/mol. The fraction of sp³-hybridized carbons (Fsp3) is 0.444. The van der Waals surface area contributed by atoms with E-state index in [-0.39, 0.29) is 42.6 Å². The number of aromatic nitrogens is 2. The van der Waals surface area contributed by atoms with E-state index >= 15 is 0 Å². The van der Waals surface area contributed by atoms with Gasteiger partial charge in [0, 0.05) is 35.4 Å². The Hall–Kier alpha value is -2.48. The number of rotatable bonds is 6. The molecule has 0 spiro atoms. The normalized spacial score (nSPS) is 22.0. The summed E-state index contributed by atoms with van der Waals surface area (Å²) in [4.78, 5) is 7.09. The van der Waals surface area contributed by atoms with Crippen LogP contribution in [0.2, 0.25) is 0 Å². The van der Waals surface area contributed by atoms with E-state index < -0.39 is 46.8 Å². The van der Waals surface area contributed by atoms with E-state index in [1.165, 1.54) is 16.9 Å². The molecule has 13 heteroatoms. The number of ether oxygens (including phenoxy) is 2. The lowest BCUT2D eigenvalue weighted by Gasteiger charge is -2.23. The molecular formula is C18H21F3N4O5S. The number of nitrogens with one attached hydrogen (secondary N) is 2. The van der Waals surface area contributed by atoms with Crippen molar-refractivity contribution in [3.05, 3.63) is 36.0 Å². The van der Waals surface area contributed by atoms with Gasteiger partial charge in [-0.25, -0.2) is 18.1 Å². The molecule has 1 aromatic carbocycles. The molecule has 170 valence electrons. The highest BCUT2D eigenvalue weighted by Crippen LogP contribution is 2.36. The third-order valence-electron chi connectivity index (χ3n) is 4.41. The van der Waals surface area contributed by atoms with Crippen LogP contribution >= 0.6 is 0 Å². The van der Waals surface area contributed by atoms with Gasteiger partial charge in [-0.05, 0) is 31.2 Å². The third kappa shape index (κ3) is 5.81. The first-order valence-electron chi connectivity index (χ1n) is 10.5. The number of sulfonamides is 1. The standard InChI is InChI=1S/C18H21F3N4O5S/c1-22-31(27,28)12-4-2-11(3-5-12)24-17-23-10-13(18(19,20)21)16(25-17)30-15-7-9-29-8-6-14(15)26/h2-5,10,14-15,22,26H,6-9H2,1H3,(H,23,24,25)/i1D3. The summed E-state index contributed by atoms with van der Waals surface area (Å²) >= 11 is 0. The third-order valence-corrected chi connectivity index (χ3v) is 5.57. The molecule has 0 aliphatic carbocycles. The number of hydrogen-bond acceptors (Lipinski definition) is 8. The molecule has 1 aliphatic heterocycles. The predicted octanol–water partition coefficient (Wildman–Crippen LogP) is 2.07. The number of nitrogens with zero attached hydrogens (tertiary/aromatic N) is 2. The largest absolute Gasteiger partial charge is 0.471 e. The number of hydrogen-bond donors (Lipinski definition) is 3. The van der Waals surface area contributed by atoms with Gasteiger partial charge in [0.25, 0.3) is 0 Å². The molecule has 1 fully saturated rings. The summed E-state index contributed by atoms with van der Waals surface area (Å²) in [6.45, 7) is -2.47. The summed E-state index contributed by atoms with van der Waals surface area (Å²) in [6.07, 6.45) is -5.95. The van der Waals surface area contributed by atoms with Crippen molar-refractivity contribution in [3.8, 4) is 5.88 Å². The average Bonchev–Trinajstić information content (AvgIpc) is 2.90. The Bertz CT molecular complexity index is 1100. The van der Waals surface area contributed by atoms with Crippen LogP contribution in [0.4, 0.5) is 24.8 Å². The molecule has 2 unspecified atom stereocenters. The van der Waals surface area contributed by atoms with E-state index in [4.69, 9.17) is 13.6 Å². The van der Waals surface area contributed by atoms with Crippen molar-refractivity contribution in [2.24, 2.45) is 0 Å². The van der Waals surface area contributed by atoms with Crippen molar-refractivity contribution in [1.82, 2.24) is 14.7 Å². The SMILES string of the molecule is [2H]C([2H])([2H])NS(=O)(=O)c1ccc(Nc2ncc(C(F)(F)F)c(OC3CCOCCC3O)n2)cc1. The number of aliphatic hydroxyl groups excluding tert-OH is 1. The van der Waals surface area contributed by atoms with Gasteiger partial charge in [0.1, 0.15) is 11.7 Å². The Morgan fingerprint density at radius 3 is 2.65 bits per heavy atom. The summed E-state index contributed by atoms with van der Waals surface area (Å²) < 4.78 is 97.7. The monoisotopic (exact) mass is 465 g/mol. The second-order valence-electron chi connectivity index (χ2n) is 6.58. The van der Waals surface area contributed by atoms with Crippen LogP contribution in [0.15, 0.2) is 35.4 Å². The summed E-state index contributed by atoms with van der Waals surface area (Å²) in [6, 6.07) is 4.70. The van der Waals surface area contributed by atoms with Crippen molar-refractivity contribution in [1.29, 1.82) is 0 Å². The van der Waals surface area contributed by atoms with Crippen molar-refractivity contribution in [2.45, 2.75) is 36.1 Å². The van der Waals surface area contributed by atoms with Crippen LogP contribution in [0.5, 0.6) is 5.88 Å². The molecule has 3 N–H and O–H groups in total. The molecule has 0 amide bonds. The summed E-state index contributed by atoms with van der Waals surface area (Å²) in [5.74, 6) is -1.06. The molecule has 3 rings (SSSR count). The minimum absolute atomic E-state index is 0.158. The average molecular weight is 465 g/mol. The maximum Gasteiger partial charge on any atom is 0.423 e. The van der Waals surface area contributed by atoms with Crippen LogP contribution in [-0.4, -0.2) is 55.9 Å². The van der Waals surface area contributed by atoms with Gasteiger partial charge < -0.3 is 19.9 Å². The molecule has 2 aromatic rings. The Kier molecular flexibility index (Phi) is 5.79. The van der Waals surface area contributed by atoms with Crippen LogP contribution in [0, 0.1) is 0 Å². The molecule has 1 saturated heterocycles. The minimum atomic E-state index is -4.81. The van der Waals surface area contributed by atoms with E-state index in [9.17, 15) is 26.7 Å². The zero-order chi connectivity index (χ0) is 25.1. The maximum absolute atomic E-state index is 13.4.